The third-order valence-corrected chi connectivity index (χ3v) is 4.23. The van der Waals surface area contributed by atoms with E-state index in [1.165, 1.54) is 0 Å². The van der Waals surface area contributed by atoms with E-state index in [0.717, 1.165) is 35.9 Å². The molecule has 1 fully saturated rings. The first-order valence-corrected chi connectivity index (χ1v) is 7.62. The Bertz CT molecular complexity index is 629. The van der Waals surface area contributed by atoms with Crippen molar-refractivity contribution in [1.82, 2.24) is 15.6 Å². The van der Waals surface area contributed by atoms with Gasteiger partial charge in [-0.2, -0.15) is 0 Å². The molecule has 1 aromatic carbocycles. The zero-order valence-corrected chi connectivity index (χ0v) is 14.6. The lowest BCUT2D eigenvalue weighted by atomic mass is 10.0. The first-order valence-electron chi connectivity index (χ1n) is 6.74. The summed E-state index contributed by atoms with van der Waals surface area (Å²) in [6.45, 7) is 4.72. The Labute approximate surface area is 146 Å². The third-order valence-electron chi connectivity index (χ3n) is 3.46. The molecule has 2 heterocycles. The van der Waals surface area contributed by atoms with Crippen LogP contribution in [0, 0.1) is 12.8 Å². The molecular formula is C15H19Cl2N3OS. The van der Waals surface area contributed by atoms with Crippen LogP contribution in [-0.2, 0) is 0 Å². The molecule has 0 aliphatic carbocycles. The number of rotatable bonds is 4. The van der Waals surface area contributed by atoms with Gasteiger partial charge in [0.1, 0.15) is 0 Å². The fraction of sp³-hybridized carbons (Fsp3) is 0.333. The van der Waals surface area contributed by atoms with Crippen molar-refractivity contribution in [3.8, 4) is 11.3 Å². The molecule has 7 heteroatoms. The molecule has 1 saturated heterocycles. The Morgan fingerprint density at radius 3 is 2.77 bits per heavy atom. The van der Waals surface area contributed by atoms with Crippen LogP contribution in [0.4, 0.5) is 0 Å². The molecule has 0 bridgehead atoms. The lowest BCUT2D eigenvalue weighted by Gasteiger charge is -2.27. The minimum absolute atomic E-state index is 0. The average Bonchev–Trinajstić information content (AvgIpc) is 2.84. The highest BCUT2D eigenvalue weighted by atomic mass is 35.5. The zero-order chi connectivity index (χ0) is 13.9. The Hall–Kier alpha value is -1.14. The van der Waals surface area contributed by atoms with Gasteiger partial charge in [-0.15, -0.1) is 36.2 Å². The topological polar surface area (TPSA) is 54.0 Å². The monoisotopic (exact) mass is 359 g/mol. The Balaban J connectivity index is 0.00000121. The molecule has 4 nitrogen and oxygen atoms in total. The van der Waals surface area contributed by atoms with Gasteiger partial charge in [0.2, 0.25) is 0 Å². The van der Waals surface area contributed by atoms with Gasteiger partial charge in [0.25, 0.3) is 5.91 Å². The number of carbonyl (C=O) groups is 1. The standard InChI is InChI=1S/C15H17N3OS.2ClH/c1-10-18-14(9-20-10)12-3-2-4-13(5-12)15(19)17-8-11-6-16-7-11;;/h2-5,9,11,16H,6-8H2,1H3,(H,17,19);2*1H. The fourth-order valence-corrected chi connectivity index (χ4v) is 2.77. The predicted octanol–water partition coefficient (Wildman–Crippen LogP) is 2.91. The highest BCUT2D eigenvalue weighted by molar-refractivity contribution is 7.09. The van der Waals surface area contributed by atoms with E-state index >= 15 is 0 Å². The number of aryl methyl sites for hydroxylation is 1. The SMILES string of the molecule is Cc1nc(-c2cccc(C(=O)NCC3CNC3)c2)cs1.Cl.Cl. The van der Waals surface area contributed by atoms with Crippen LogP contribution in [-0.4, -0.2) is 30.5 Å². The van der Waals surface area contributed by atoms with Gasteiger partial charge >= 0.3 is 0 Å². The van der Waals surface area contributed by atoms with E-state index in [9.17, 15) is 4.79 Å². The molecule has 2 aromatic rings. The second kappa shape index (κ2) is 8.48. The van der Waals surface area contributed by atoms with E-state index in [2.05, 4.69) is 15.6 Å². The maximum Gasteiger partial charge on any atom is 0.251 e. The summed E-state index contributed by atoms with van der Waals surface area (Å²) in [6, 6.07) is 7.64. The van der Waals surface area contributed by atoms with Crippen LogP contribution >= 0.6 is 36.2 Å². The zero-order valence-electron chi connectivity index (χ0n) is 12.2. The molecule has 0 radical (unpaired) electrons. The van der Waals surface area contributed by atoms with E-state index in [-0.39, 0.29) is 30.7 Å². The Morgan fingerprint density at radius 1 is 1.41 bits per heavy atom. The van der Waals surface area contributed by atoms with E-state index in [0.29, 0.717) is 11.5 Å². The van der Waals surface area contributed by atoms with Gasteiger partial charge in [0, 0.05) is 42.1 Å². The molecule has 22 heavy (non-hydrogen) atoms. The van der Waals surface area contributed by atoms with Gasteiger partial charge in [0.15, 0.2) is 0 Å². The summed E-state index contributed by atoms with van der Waals surface area (Å²) in [5, 5.41) is 9.24. The van der Waals surface area contributed by atoms with Crippen molar-refractivity contribution in [2.75, 3.05) is 19.6 Å². The van der Waals surface area contributed by atoms with Crippen molar-refractivity contribution in [3.05, 3.63) is 40.2 Å². The van der Waals surface area contributed by atoms with Crippen molar-refractivity contribution < 1.29 is 4.79 Å². The molecule has 120 valence electrons. The summed E-state index contributed by atoms with van der Waals surface area (Å²) in [7, 11) is 0. The molecular weight excluding hydrogens is 341 g/mol. The quantitative estimate of drug-likeness (QED) is 0.882. The van der Waals surface area contributed by atoms with Crippen molar-refractivity contribution in [2.24, 2.45) is 5.92 Å². The van der Waals surface area contributed by atoms with Crippen LogP contribution in [0.2, 0.25) is 0 Å². The maximum atomic E-state index is 12.1. The summed E-state index contributed by atoms with van der Waals surface area (Å²) < 4.78 is 0. The van der Waals surface area contributed by atoms with Crippen molar-refractivity contribution in [3.63, 3.8) is 0 Å². The summed E-state index contributed by atoms with van der Waals surface area (Å²) in [6.07, 6.45) is 0. The molecule has 1 aliphatic heterocycles. The van der Waals surface area contributed by atoms with Gasteiger partial charge in [0.05, 0.1) is 10.7 Å². The van der Waals surface area contributed by atoms with Crippen LogP contribution in [0.3, 0.4) is 0 Å². The van der Waals surface area contributed by atoms with Crippen LogP contribution in [0.1, 0.15) is 15.4 Å². The van der Waals surface area contributed by atoms with E-state index in [4.69, 9.17) is 0 Å². The number of nitrogens with zero attached hydrogens (tertiary/aromatic N) is 1. The Kier molecular flexibility index (Phi) is 7.29. The highest BCUT2D eigenvalue weighted by Gasteiger charge is 2.17. The van der Waals surface area contributed by atoms with Crippen molar-refractivity contribution in [1.29, 1.82) is 0 Å². The first-order chi connectivity index (χ1) is 9.72. The van der Waals surface area contributed by atoms with Crippen LogP contribution in [0.25, 0.3) is 11.3 Å². The second-order valence-electron chi connectivity index (χ2n) is 5.07. The highest BCUT2D eigenvalue weighted by Crippen LogP contribution is 2.22. The number of amides is 1. The predicted molar refractivity (Wildman–Crippen MR) is 95.5 cm³/mol. The molecule has 0 saturated carbocycles. The maximum absolute atomic E-state index is 12.1. The number of aromatic nitrogens is 1. The van der Waals surface area contributed by atoms with E-state index < -0.39 is 0 Å². The normalized spacial score (nSPS) is 13.5. The van der Waals surface area contributed by atoms with Crippen molar-refractivity contribution in [2.45, 2.75) is 6.92 Å². The van der Waals surface area contributed by atoms with Crippen LogP contribution in [0.5, 0.6) is 0 Å². The minimum atomic E-state index is -0.00861. The summed E-state index contributed by atoms with van der Waals surface area (Å²) in [4.78, 5) is 16.6. The van der Waals surface area contributed by atoms with Gasteiger partial charge < -0.3 is 10.6 Å². The van der Waals surface area contributed by atoms with E-state index in [1.807, 2.05) is 36.6 Å². The van der Waals surface area contributed by atoms with Gasteiger partial charge in [-0.05, 0) is 19.1 Å². The van der Waals surface area contributed by atoms with Gasteiger partial charge in [-0.3, -0.25) is 4.79 Å². The van der Waals surface area contributed by atoms with Crippen LogP contribution < -0.4 is 10.6 Å². The van der Waals surface area contributed by atoms with Gasteiger partial charge in [-0.25, -0.2) is 4.98 Å². The lowest BCUT2D eigenvalue weighted by molar-refractivity contribution is 0.0942. The molecule has 2 N–H and O–H groups in total. The molecule has 0 spiro atoms. The Morgan fingerprint density at radius 2 is 2.18 bits per heavy atom. The third kappa shape index (κ3) is 4.43. The number of benzene rings is 1. The number of hydrogen-bond donors (Lipinski definition) is 2. The summed E-state index contributed by atoms with van der Waals surface area (Å²) in [5.41, 5.74) is 2.62. The molecule has 0 atom stereocenters. The number of nitrogens with one attached hydrogen (secondary N) is 2. The fourth-order valence-electron chi connectivity index (χ4n) is 2.15. The number of halogens is 2. The first kappa shape index (κ1) is 18.9. The number of thiazole rings is 1. The largest absolute Gasteiger partial charge is 0.352 e. The van der Waals surface area contributed by atoms with Crippen LogP contribution in [0.15, 0.2) is 29.6 Å². The number of hydrogen-bond acceptors (Lipinski definition) is 4. The second-order valence-corrected chi connectivity index (χ2v) is 6.13. The summed E-state index contributed by atoms with van der Waals surface area (Å²) in [5.74, 6) is 0.564. The minimum Gasteiger partial charge on any atom is -0.352 e. The van der Waals surface area contributed by atoms with Gasteiger partial charge in [-0.1, -0.05) is 12.1 Å². The summed E-state index contributed by atoms with van der Waals surface area (Å²) >= 11 is 1.62. The molecule has 1 aliphatic rings. The van der Waals surface area contributed by atoms with Crippen molar-refractivity contribution >= 4 is 42.1 Å². The molecule has 0 unspecified atom stereocenters. The average molecular weight is 360 g/mol. The lowest BCUT2D eigenvalue weighted by Crippen LogP contribution is -2.48. The molecule has 1 amide bonds. The van der Waals surface area contributed by atoms with E-state index in [1.54, 1.807) is 11.3 Å². The molecule has 3 rings (SSSR count). The smallest absolute Gasteiger partial charge is 0.251 e. The number of carbonyl (C=O) groups excluding carboxylic acids is 1. The molecule has 1 aromatic heterocycles.